The van der Waals surface area contributed by atoms with Gasteiger partial charge in [-0.05, 0) is 30.7 Å². The highest BCUT2D eigenvalue weighted by Crippen LogP contribution is 2.04. The van der Waals surface area contributed by atoms with Crippen LogP contribution in [0.5, 0.6) is 0 Å². The summed E-state index contributed by atoms with van der Waals surface area (Å²) in [6.07, 6.45) is 4.66. The Morgan fingerprint density at radius 1 is 1.64 bits per heavy atom. The monoisotopic (exact) mass is 149 g/mol. The van der Waals surface area contributed by atoms with Gasteiger partial charge in [0.15, 0.2) is 0 Å². The maximum atomic E-state index is 10.3. The lowest BCUT2D eigenvalue weighted by Gasteiger charge is -1.95. The van der Waals surface area contributed by atoms with Crippen molar-refractivity contribution < 1.29 is 4.79 Å². The number of rotatable bonds is 2. The van der Waals surface area contributed by atoms with Crippen molar-refractivity contribution in [1.29, 1.82) is 0 Å². The number of carbonyl (C=O) groups excluding carboxylic acids is 1. The largest absolute Gasteiger partial charge is 0.351 e. The zero-order valence-electron chi connectivity index (χ0n) is 6.74. The summed E-state index contributed by atoms with van der Waals surface area (Å²) in [6, 6.07) is 3.91. The normalized spacial score (nSPS) is 11.6. The number of hydrogen-bond donors (Lipinski definition) is 0. The molecule has 58 valence electrons. The Bertz CT molecular complexity index is 284. The van der Waals surface area contributed by atoms with Gasteiger partial charge < -0.3 is 4.57 Å². The van der Waals surface area contributed by atoms with E-state index < -0.39 is 0 Å². The van der Waals surface area contributed by atoms with E-state index >= 15 is 0 Å². The minimum absolute atomic E-state index is 0.742. The van der Waals surface area contributed by atoms with Crippen LogP contribution in [0.1, 0.15) is 12.6 Å². The molecule has 0 aliphatic rings. The van der Waals surface area contributed by atoms with Gasteiger partial charge in [-0.15, -0.1) is 0 Å². The van der Waals surface area contributed by atoms with E-state index in [9.17, 15) is 4.79 Å². The Hall–Kier alpha value is -1.31. The van der Waals surface area contributed by atoms with Crippen LogP contribution in [0, 0.1) is 0 Å². The fourth-order valence-electron chi connectivity index (χ4n) is 0.892. The minimum Gasteiger partial charge on any atom is -0.351 e. The smallest absolute Gasteiger partial charge is 0.145 e. The standard InChI is InChI=1S/C9H11NO/c1-8(7-11)6-9-4-3-5-10(9)2/h3-7H,1-2H3. The molecule has 0 fully saturated rings. The Kier molecular flexibility index (Phi) is 2.26. The van der Waals surface area contributed by atoms with Crippen molar-refractivity contribution >= 4 is 12.4 Å². The van der Waals surface area contributed by atoms with Crippen molar-refractivity contribution in [1.82, 2.24) is 4.57 Å². The van der Waals surface area contributed by atoms with Crippen LogP contribution in [-0.2, 0) is 11.8 Å². The first-order chi connectivity index (χ1) is 5.24. The number of aromatic nitrogens is 1. The molecule has 0 atom stereocenters. The van der Waals surface area contributed by atoms with Gasteiger partial charge in [0.2, 0.25) is 0 Å². The summed E-state index contributed by atoms with van der Waals surface area (Å²) in [5, 5.41) is 0. The van der Waals surface area contributed by atoms with Crippen molar-refractivity contribution in [2.45, 2.75) is 6.92 Å². The Morgan fingerprint density at radius 3 is 2.82 bits per heavy atom. The third-order valence-corrected chi connectivity index (χ3v) is 1.55. The zero-order chi connectivity index (χ0) is 8.27. The molecule has 0 N–H and O–H groups in total. The molecule has 1 heterocycles. The SMILES string of the molecule is CC(C=O)=Cc1cccn1C. The fraction of sp³-hybridized carbons (Fsp3) is 0.222. The summed E-state index contributed by atoms with van der Waals surface area (Å²) in [5.74, 6) is 0. The first kappa shape index (κ1) is 7.79. The molecule has 1 aromatic heterocycles. The molecule has 1 aromatic rings. The number of nitrogens with zero attached hydrogens (tertiary/aromatic N) is 1. The Morgan fingerprint density at radius 2 is 2.36 bits per heavy atom. The van der Waals surface area contributed by atoms with E-state index in [1.165, 1.54) is 0 Å². The van der Waals surface area contributed by atoms with Gasteiger partial charge in [-0.3, -0.25) is 4.79 Å². The highest BCUT2D eigenvalue weighted by atomic mass is 16.1. The van der Waals surface area contributed by atoms with Gasteiger partial charge in [0.1, 0.15) is 6.29 Å². The highest BCUT2D eigenvalue weighted by Gasteiger charge is 1.91. The average Bonchev–Trinajstić information content (AvgIpc) is 2.37. The minimum atomic E-state index is 0.742. The maximum absolute atomic E-state index is 10.3. The molecule has 1 rings (SSSR count). The van der Waals surface area contributed by atoms with Gasteiger partial charge in [-0.2, -0.15) is 0 Å². The van der Waals surface area contributed by atoms with Gasteiger partial charge in [0.25, 0.3) is 0 Å². The second kappa shape index (κ2) is 3.19. The number of carbonyl (C=O) groups is 1. The van der Waals surface area contributed by atoms with Gasteiger partial charge >= 0.3 is 0 Å². The molecule has 0 unspecified atom stereocenters. The molecule has 2 heteroatoms. The molecule has 0 aromatic carbocycles. The Balaban J connectivity index is 2.94. The van der Waals surface area contributed by atoms with Crippen LogP contribution < -0.4 is 0 Å². The van der Waals surface area contributed by atoms with Gasteiger partial charge in [-0.1, -0.05) is 0 Å². The van der Waals surface area contributed by atoms with Crippen molar-refractivity contribution in [3.05, 3.63) is 29.6 Å². The molecule has 0 saturated carbocycles. The topological polar surface area (TPSA) is 22.0 Å². The van der Waals surface area contributed by atoms with Crippen molar-refractivity contribution in [2.75, 3.05) is 0 Å². The molecule has 0 aliphatic heterocycles. The predicted molar refractivity (Wildman–Crippen MR) is 45.1 cm³/mol. The lowest BCUT2D eigenvalue weighted by atomic mass is 10.2. The second-order valence-electron chi connectivity index (χ2n) is 2.55. The predicted octanol–water partition coefficient (Wildman–Crippen LogP) is 1.63. The summed E-state index contributed by atoms with van der Waals surface area (Å²) < 4.78 is 1.97. The summed E-state index contributed by atoms with van der Waals surface area (Å²) in [7, 11) is 1.95. The van der Waals surface area contributed by atoms with Crippen molar-refractivity contribution in [3.63, 3.8) is 0 Å². The quantitative estimate of drug-likeness (QED) is 0.462. The third kappa shape index (κ3) is 1.80. The summed E-state index contributed by atoms with van der Waals surface area (Å²) in [4.78, 5) is 10.3. The van der Waals surface area contributed by atoms with E-state index in [4.69, 9.17) is 0 Å². The molecule has 0 saturated heterocycles. The van der Waals surface area contributed by atoms with E-state index in [1.807, 2.05) is 36.0 Å². The highest BCUT2D eigenvalue weighted by molar-refractivity contribution is 5.80. The first-order valence-electron chi connectivity index (χ1n) is 3.49. The molecular weight excluding hydrogens is 138 g/mol. The van der Waals surface area contributed by atoms with E-state index in [2.05, 4.69) is 0 Å². The van der Waals surface area contributed by atoms with Crippen LogP contribution in [-0.4, -0.2) is 10.9 Å². The molecule has 2 nitrogen and oxygen atoms in total. The number of aldehydes is 1. The summed E-state index contributed by atoms with van der Waals surface area (Å²) >= 11 is 0. The van der Waals surface area contributed by atoms with Crippen LogP contribution >= 0.6 is 0 Å². The van der Waals surface area contributed by atoms with Crippen LogP contribution in [0.15, 0.2) is 23.9 Å². The van der Waals surface area contributed by atoms with E-state index in [-0.39, 0.29) is 0 Å². The van der Waals surface area contributed by atoms with Gasteiger partial charge in [0, 0.05) is 18.9 Å². The average molecular weight is 149 g/mol. The molecular formula is C9H11NO. The van der Waals surface area contributed by atoms with Gasteiger partial charge in [-0.25, -0.2) is 0 Å². The molecule has 0 bridgehead atoms. The maximum Gasteiger partial charge on any atom is 0.145 e. The zero-order valence-corrected chi connectivity index (χ0v) is 6.74. The van der Waals surface area contributed by atoms with E-state index in [0.29, 0.717) is 0 Å². The number of allylic oxidation sites excluding steroid dienone is 1. The second-order valence-corrected chi connectivity index (χ2v) is 2.55. The van der Waals surface area contributed by atoms with Crippen LogP contribution in [0.4, 0.5) is 0 Å². The third-order valence-electron chi connectivity index (χ3n) is 1.55. The summed E-state index contributed by atoms with van der Waals surface area (Å²) in [5.41, 5.74) is 1.79. The van der Waals surface area contributed by atoms with Crippen molar-refractivity contribution in [2.24, 2.45) is 7.05 Å². The number of hydrogen-bond acceptors (Lipinski definition) is 1. The lowest BCUT2D eigenvalue weighted by Crippen LogP contribution is -1.88. The van der Waals surface area contributed by atoms with Crippen LogP contribution in [0.2, 0.25) is 0 Å². The van der Waals surface area contributed by atoms with E-state index in [0.717, 1.165) is 17.6 Å². The molecule has 0 amide bonds. The Labute approximate surface area is 66.1 Å². The van der Waals surface area contributed by atoms with Gasteiger partial charge in [0.05, 0.1) is 0 Å². The molecule has 0 radical (unpaired) electrons. The van der Waals surface area contributed by atoms with Crippen LogP contribution in [0.25, 0.3) is 6.08 Å². The van der Waals surface area contributed by atoms with Crippen molar-refractivity contribution in [3.8, 4) is 0 Å². The van der Waals surface area contributed by atoms with Crippen LogP contribution in [0.3, 0.4) is 0 Å². The van der Waals surface area contributed by atoms with E-state index in [1.54, 1.807) is 6.92 Å². The first-order valence-corrected chi connectivity index (χ1v) is 3.49. The lowest BCUT2D eigenvalue weighted by molar-refractivity contribution is -0.104. The number of aryl methyl sites for hydroxylation is 1. The summed E-state index contributed by atoms with van der Waals surface area (Å²) in [6.45, 7) is 1.79. The fourth-order valence-corrected chi connectivity index (χ4v) is 0.892. The molecule has 11 heavy (non-hydrogen) atoms. The molecule has 0 spiro atoms. The molecule has 0 aliphatic carbocycles.